The first-order chi connectivity index (χ1) is 19.8. The molecule has 2 heteroatoms. The van der Waals surface area contributed by atoms with E-state index in [9.17, 15) is 0 Å². The zero-order valence-electron chi connectivity index (χ0n) is 21.5. The molecule has 184 valence electrons. The van der Waals surface area contributed by atoms with Crippen molar-refractivity contribution in [3.05, 3.63) is 127 Å². The highest BCUT2D eigenvalue weighted by atomic mass is 16.3. The van der Waals surface area contributed by atoms with Crippen LogP contribution in [0.15, 0.2) is 132 Å². The summed E-state index contributed by atoms with van der Waals surface area (Å²) in [5, 5.41) is 10.1. The second-order valence-electron chi connectivity index (χ2n) is 10.9. The molecule has 0 radical (unpaired) electrons. The molecule has 2 aromatic heterocycles. The van der Waals surface area contributed by atoms with Crippen LogP contribution in [0.1, 0.15) is 0 Å². The quantitative estimate of drug-likeness (QED) is 0.216. The van der Waals surface area contributed by atoms with Crippen molar-refractivity contribution in [3.63, 3.8) is 0 Å². The monoisotopic (exact) mass is 507 g/mol. The van der Waals surface area contributed by atoms with Gasteiger partial charge in [-0.2, -0.15) is 0 Å². The largest absolute Gasteiger partial charge is 0.456 e. The normalized spacial score (nSPS) is 12.5. The lowest BCUT2D eigenvalue weighted by atomic mass is 9.97. The molecule has 0 amide bonds. The lowest BCUT2D eigenvalue weighted by molar-refractivity contribution is 0.669. The van der Waals surface area contributed by atoms with Crippen LogP contribution >= 0.6 is 0 Å². The summed E-state index contributed by atoms with van der Waals surface area (Å²) in [6, 6.07) is 46.4. The number of rotatable bonds is 1. The van der Waals surface area contributed by atoms with Crippen LogP contribution in [-0.4, -0.2) is 4.57 Å². The van der Waals surface area contributed by atoms with Crippen molar-refractivity contribution in [2.75, 3.05) is 0 Å². The Morgan fingerprint density at radius 1 is 0.400 bits per heavy atom. The Hall–Kier alpha value is -5.34. The van der Waals surface area contributed by atoms with Crippen LogP contribution in [0.3, 0.4) is 0 Å². The molecule has 2 heterocycles. The summed E-state index contributed by atoms with van der Waals surface area (Å²) in [7, 11) is 0. The van der Waals surface area contributed by atoms with E-state index in [1.807, 2.05) is 12.1 Å². The molecule has 0 saturated carbocycles. The Labute approximate surface area is 229 Å². The lowest BCUT2D eigenvalue weighted by Crippen LogP contribution is -1.94. The maximum atomic E-state index is 6.19. The minimum absolute atomic E-state index is 0.916. The third-order valence-electron chi connectivity index (χ3n) is 8.88. The molecule has 10 rings (SSSR count). The van der Waals surface area contributed by atoms with Gasteiger partial charge in [0, 0.05) is 27.2 Å². The summed E-state index contributed by atoms with van der Waals surface area (Å²) in [6.45, 7) is 0. The Kier molecular flexibility index (Phi) is 3.70. The van der Waals surface area contributed by atoms with E-state index in [-0.39, 0.29) is 0 Å². The van der Waals surface area contributed by atoms with E-state index in [2.05, 4.69) is 120 Å². The van der Waals surface area contributed by atoms with Crippen LogP contribution in [0.2, 0.25) is 0 Å². The van der Waals surface area contributed by atoms with E-state index >= 15 is 0 Å². The first-order valence-electron chi connectivity index (χ1n) is 13.8. The van der Waals surface area contributed by atoms with Crippen LogP contribution in [0.5, 0.6) is 0 Å². The molecular weight excluding hydrogens is 486 g/mol. The molecule has 0 aliphatic heterocycles. The second-order valence-corrected chi connectivity index (χ2v) is 10.9. The number of hydrogen-bond donors (Lipinski definition) is 0. The SMILES string of the molecule is c1ccc2c(c1)-c1cccc3c1c-2cc1c3c2cc3ccccc3cc2n1-c1ccc2oc3ccccc3c2c1. The molecule has 0 fully saturated rings. The Bertz CT molecular complexity index is 2540. The van der Waals surface area contributed by atoms with Crippen LogP contribution in [-0.2, 0) is 0 Å². The molecule has 9 aromatic rings. The smallest absolute Gasteiger partial charge is 0.135 e. The fourth-order valence-corrected chi connectivity index (χ4v) is 7.19. The topological polar surface area (TPSA) is 18.1 Å². The molecule has 0 N–H and O–H groups in total. The molecule has 7 aromatic carbocycles. The molecule has 0 unspecified atom stereocenters. The molecule has 1 aliphatic rings. The summed E-state index contributed by atoms with van der Waals surface area (Å²) >= 11 is 0. The molecular formula is C38H21NO. The Balaban J connectivity index is 1.42. The molecule has 2 nitrogen and oxygen atoms in total. The standard InChI is InChI=1S/C38H21NO/c1-2-9-23-19-33-32(18-22(23)8-1)38-29-14-7-13-28-25-10-3-4-11-26(25)31(37(28)29)21-34(38)39(33)24-16-17-36-30(20-24)27-12-5-6-15-35(27)40-36/h1-21H. The zero-order valence-corrected chi connectivity index (χ0v) is 21.5. The van der Waals surface area contributed by atoms with Crippen molar-refractivity contribution >= 4 is 65.3 Å². The molecule has 0 saturated heterocycles. The first-order valence-corrected chi connectivity index (χ1v) is 13.8. The number of fused-ring (bicyclic) bond motifs is 11. The lowest BCUT2D eigenvalue weighted by Gasteiger charge is -2.10. The van der Waals surface area contributed by atoms with Gasteiger partial charge in [-0.1, -0.05) is 84.9 Å². The fourth-order valence-electron chi connectivity index (χ4n) is 7.19. The van der Waals surface area contributed by atoms with E-state index < -0.39 is 0 Å². The van der Waals surface area contributed by atoms with E-state index in [0.717, 1.165) is 27.6 Å². The molecule has 0 spiro atoms. The van der Waals surface area contributed by atoms with Gasteiger partial charge in [0.15, 0.2) is 0 Å². The van der Waals surface area contributed by atoms with Gasteiger partial charge in [-0.25, -0.2) is 0 Å². The van der Waals surface area contributed by atoms with Gasteiger partial charge in [0.1, 0.15) is 11.2 Å². The number of furan rings is 1. The average Bonchev–Trinajstić information content (AvgIpc) is 3.64. The Morgan fingerprint density at radius 3 is 2.00 bits per heavy atom. The summed E-state index contributed by atoms with van der Waals surface area (Å²) in [5.74, 6) is 0. The highest BCUT2D eigenvalue weighted by molar-refractivity contribution is 6.30. The van der Waals surface area contributed by atoms with Crippen molar-refractivity contribution in [3.8, 4) is 27.9 Å². The van der Waals surface area contributed by atoms with Crippen molar-refractivity contribution in [1.29, 1.82) is 0 Å². The highest BCUT2D eigenvalue weighted by Crippen LogP contribution is 2.51. The molecule has 0 atom stereocenters. The van der Waals surface area contributed by atoms with Crippen molar-refractivity contribution in [2.45, 2.75) is 0 Å². The van der Waals surface area contributed by atoms with Crippen molar-refractivity contribution in [2.24, 2.45) is 0 Å². The van der Waals surface area contributed by atoms with Gasteiger partial charge < -0.3 is 8.98 Å². The van der Waals surface area contributed by atoms with Gasteiger partial charge in [-0.05, 0) is 86.3 Å². The number of para-hydroxylation sites is 1. The summed E-state index contributed by atoms with van der Waals surface area (Å²) in [5.41, 5.74) is 10.7. The van der Waals surface area contributed by atoms with E-state index in [0.29, 0.717) is 0 Å². The maximum absolute atomic E-state index is 6.19. The highest BCUT2D eigenvalue weighted by Gasteiger charge is 2.25. The van der Waals surface area contributed by atoms with Crippen LogP contribution in [0.4, 0.5) is 0 Å². The predicted molar refractivity (Wildman–Crippen MR) is 168 cm³/mol. The number of benzene rings is 7. The van der Waals surface area contributed by atoms with E-state index in [1.165, 1.54) is 65.6 Å². The van der Waals surface area contributed by atoms with Gasteiger partial charge in [-0.3, -0.25) is 0 Å². The predicted octanol–water partition coefficient (Wildman–Crippen LogP) is 10.6. The molecule has 40 heavy (non-hydrogen) atoms. The van der Waals surface area contributed by atoms with E-state index in [4.69, 9.17) is 4.42 Å². The van der Waals surface area contributed by atoms with Gasteiger partial charge in [0.2, 0.25) is 0 Å². The summed E-state index contributed by atoms with van der Waals surface area (Å²) < 4.78 is 8.65. The van der Waals surface area contributed by atoms with Gasteiger partial charge >= 0.3 is 0 Å². The van der Waals surface area contributed by atoms with Gasteiger partial charge in [-0.15, -0.1) is 0 Å². The second kappa shape index (κ2) is 7.19. The minimum atomic E-state index is 0.916. The summed E-state index contributed by atoms with van der Waals surface area (Å²) in [4.78, 5) is 0. The van der Waals surface area contributed by atoms with Crippen LogP contribution in [0.25, 0.3) is 93.2 Å². The maximum Gasteiger partial charge on any atom is 0.135 e. The molecule has 0 bridgehead atoms. The zero-order chi connectivity index (χ0) is 25.9. The fraction of sp³-hybridized carbons (Fsp3) is 0. The van der Waals surface area contributed by atoms with E-state index in [1.54, 1.807) is 0 Å². The number of nitrogens with zero attached hydrogens (tertiary/aromatic N) is 1. The first kappa shape index (κ1) is 20.6. The third kappa shape index (κ3) is 2.49. The van der Waals surface area contributed by atoms with Crippen LogP contribution in [0, 0.1) is 0 Å². The minimum Gasteiger partial charge on any atom is -0.456 e. The Morgan fingerprint density at radius 2 is 1.10 bits per heavy atom. The average molecular weight is 508 g/mol. The van der Waals surface area contributed by atoms with Gasteiger partial charge in [0.25, 0.3) is 0 Å². The van der Waals surface area contributed by atoms with Crippen LogP contribution < -0.4 is 0 Å². The number of aromatic nitrogens is 1. The van der Waals surface area contributed by atoms with Gasteiger partial charge in [0.05, 0.1) is 11.0 Å². The molecule has 1 aliphatic carbocycles. The third-order valence-corrected chi connectivity index (χ3v) is 8.88. The van der Waals surface area contributed by atoms with Crippen molar-refractivity contribution < 1.29 is 4.42 Å². The van der Waals surface area contributed by atoms with Crippen molar-refractivity contribution in [1.82, 2.24) is 4.57 Å². The summed E-state index contributed by atoms with van der Waals surface area (Å²) in [6.07, 6.45) is 0. The number of hydrogen-bond acceptors (Lipinski definition) is 1.